The van der Waals surface area contributed by atoms with Gasteiger partial charge in [0, 0.05) is 5.41 Å². The molecule has 0 fully saturated rings. The van der Waals surface area contributed by atoms with Crippen molar-refractivity contribution >= 4 is 26.8 Å². The van der Waals surface area contributed by atoms with Crippen molar-refractivity contribution in [1.29, 1.82) is 0 Å². The van der Waals surface area contributed by atoms with Crippen molar-refractivity contribution in [1.82, 2.24) is 0 Å². The Morgan fingerprint density at radius 3 is 1.68 bits per heavy atom. The summed E-state index contributed by atoms with van der Waals surface area (Å²) in [5, 5.41) is 0. The van der Waals surface area contributed by atoms with E-state index in [0.717, 1.165) is 22.4 Å². The van der Waals surface area contributed by atoms with Gasteiger partial charge in [-0.15, -0.1) is 0 Å². The van der Waals surface area contributed by atoms with Crippen LogP contribution in [0.1, 0.15) is 41.7 Å². The van der Waals surface area contributed by atoms with Crippen LogP contribution in [0.4, 0.5) is 0 Å². The van der Waals surface area contributed by atoms with Crippen LogP contribution >= 0.6 is 16.9 Å². The highest BCUT2D eigenvalue weighted by atomic mass is 32.2. The number of sulfone groups is 1. The summed E-state index contributed by atoms with van der Waals surface area (Å²) in [7, 11) is -2.70. The molecule has 0 aliphatic carbocycles. The van der Waals surface area contributed by atoms with Gasteiger partial charge >= 0.3 is 0 Å². The highest BCUT2D eigenvalue weighted by Gasteiger charge is 2.26. The van der Waals surface area contributed by atoms with Gasteiger partial charge in [0.05, 0.1) is 29.2 Å². The zero-order valence-corrected chi connectivity index (χ0v) is 25.4. The van der Waals surface area contributed by atoms with Crippen LogP contribution in [0.5, 0.6) is 17.2 Å². The van der Waals surface area contributed by atoms with Crippen molar-refractivity contribution in [2.45, 2.75) is 48.3 Å². The third kappa shape index (κ3) is 6.33. The Morgan fingerprint density at radius 2 is 1.15 bits per heavy atom. The monoisotopic (exact) mass is 592 g/mol. The molecule has 206 valence electrons. The Bertz CT molecular complexity index is 1630. The lowest BCUT2D eigenvalue weighted by atomic mass is 9.78. The van der Waals surface area contributed by atoms with Gasteiger partial charge in [0.1, 0.15) is 17.2 Å². The van der Waals surface area contributed by atoms with E-state index in [-0.39, 0.29) is 44.4 Å². The van der Waals surface area contributed by atoms with Gasteiger partial charge < -0.3 is 9.47 Å². The summed E-state index contributed by atoms with van der Waals surface area (Å²) in [6.07, 6.45) is 0.0829. The SMILES string of the molecule is COc1ccc(C(C)(C)c2ccc(Oc3ccc(S(=O)(=O)c4ccc(C)cc4CP=O)c(CP=O)c3)cc2)cc1. The predicted octanol–water partition coefficient (Wildman–Crippen LogP) is 8.54. The number of hydrogen-bond acceptors (Lipinski definition) is 6. The standard InChI is InChI=1S/C31H30O6P2S/c1-21-5-15-29(22(17-21)19-38-32)40(34,35)30-16-14-28(18-23(30)20-39-33)37-27-12-8-25(9-13-27)31(2,3)24-6-10-26(36-4)11-7-24/h5-18H,19-20H2,1-4H3. The second-order valence-corrected chi connectivity index (χ2v) is 13.0. The Kier molecular flexibility index (Phi) is 9.20. The predicted molar refractivity (Wildman–Crippen MR) is 157 cm³/mol. The lowest BCUT2D eigenvalue weighted by Gasteiger charge is -2.26. The van der Waals surface area contributed by atoms with Gasteiger partial charge in [-0.3, -0.25) is 9.13 Å². The summed E-state index contributed by atoms with van der Waals surface area (Å²) in [5.74, 6) is 1.83. The summed E-state index contributed by atoms with van der Waals surface area (Å²) in [5.41, 5.74) is 3.72. The van der Waals surface area contributed by atoms with Crippen LogP contribution in [-0.4, -0.2) is 15.5 Å². The first kappa shape index (κ1) is 29.6. The van der Waals surface area contributed by atoms with Crippen LogP contribution in [-0.2, 0) is 36.7 Å². The van der Waals surface area contributed by atoms with E-state index in [1.54, 1.807) is 31.4 Å². The molecule has 0 atom stereocenters. The molecule has 0 bridgehead atoms. The lowest BCUT2D eigenvalue weighted by Crippen LogP contribution is -2.18. The minimum atomic E-state index is -3.95. The number of rotatable bonds is 11. The average molecular weight is 593 g/mol. The normalized spacial score (nSPS) is 12.0. The van der Waals surface area contributed by atoms with Gasteiger partial charge in [0.2, 0.25) is 9.84 Å². The third-order valence-electron chi connectivity index (χ3n) is 6.92. The highest BCUT2D eigenvalue weighted by molar-refractivity contribution is 7.91. The molecule has 4 aromatic rings. The van der Waals surface area contributed by atoms with Crippen molar-refractivity contribution in [3.05, 3.63) is 113 Å². The first-order valence-corrected chi connectivity index (χ1v) is 16.1. The van der Waals surface area contributed by atoms with Gasteiger partial charge in [-0.2, -0.15) is 0 Å². The third-order valence-corrected chi connectivity index (χ3v) is 9.81. The van der Waals surface area contributed by atoms with Crippen molar-refractivity contribution in [3.8, 4) is 17.2 Å². The fourth-order valence-corrected chi connectivity index (χ4v) is 7.31. The summed E-state index contributed by atoms with van der Waals surface area (Å²) in [6, 6.07) is 25.4. The van der Waals surface area contributed by atoms with Crippen molar-refractivity contribution < 1.29 is 27.0 Å². The smallest absolute Gasteiger partial charge is 0.207 e. The van der Waals surface area contributed by atoms with E-state index >= 15 is 0 Å². The largest absolute Gasteiger partial charge is 0.497 e. The van der Waals surface area contributed by atoms with Crippen LogP contribution in [0.25, 0.3) is 0 Å². The molecule has 0 aliphatic rings. The molecule has 0 aromatic heterocycles. The topological polar surface area (TPSA) is 86.7 Å². The van der Waals surface area contributed by atoms with E-state index in [1.807, 2.05) is 43.3 Å². The van der Waals surface area contributed by atoms with Crippen LogP contribution in [0, 0.1) is 6.92 Å². The molecule has 6 nitrogen and oxygen atoms in total. The Hall–Kier alpha value is -3.37. The summed E-state index contributed by atoms with van der Waals surface area (Å²) >= 11 is 0. The number of methoxy groups -OCH3 is 1. The summed E-state index contributed by atoms with van der Waals surface area (Å²) in [6.45, 7) is 6.14. The van der Waals surface area contributed by atoms with Crippen molar-refractivity contribution in [2.24, 2.45) is 0 Å². The Labute approximate surface area is 238 Å². The van der Waals surface area contributed by atoms with Gasteiger partial charge in [-0.25, -0.2) is 8.42 Å². The number of aryl methyl sites for hydroxylation is 1. The fraction of sp³-hybridized carbons (Fsp3) is 0.226. The Morgan fingerprint density at radius 1 is 0.675 bits per heavy atom. The van der Waals surface area contributed by atoms with Gasteiger partial charge in [0.25, 0.3) is 0 Å². The Balaban J connectivity index is 1.61. The van der Waals surface area contributed by atoms with E-state index in [2.05, 4.69) is 26.0 Å². The molecule has 4 rings (SSSR count). The zero-order valence-electron chi connectivity index (χ0n) is 22.7. The van der Waals surface area contributed by atoms with E-state index in [4.69, 9.17) is 9.47 Å². The first-order valence-electron chi connectivity index (χ1n) is 12.6. The van der Waals surface area contributed by atoms with Crippen molar-refractivity contribution in [3.63, 3.8) is 0 Å². The first-order chi connectivity index (χ1) is 19.1. The maximum absolute atomic E-state index is 13.6. The minimum absolute atomic E-state index is 0.00174. The number of benzene rings is 4. The van der Waals surface area contributed by atoms with Gasteiger partial charge in [0.15, 0.2) is 16.9 Å². The summed E-state index contributed by atoms with van der Waals surface area (Å²) in [4.78, 5) is 0.140. The minimum Gasteiger partial charge on any atom is -0.497 e. The molecule has 0 spiro atoms. The molecule has 0 N–H and O–H groups in total. The number of hydrogen-bond donors (Lipinski definition) is 0. The summed E-state index contributed by atoms with van der Waals surface area (Å²) < 4.78 is 61.5. The molecule has 0 aliphatic heterocycles. The molecule has 0 saturated heterocycles. The molecule has 40 heavy (non-hydrogen) atoms. The van der Waals surface area contributed by atoms with Crippen LogP contribution in [0.2, 0.25) is 0 Å². The lowest BCUT2D eigenvalue weighted by molar-refractivity contribution is 0.414. The van der Waals surface area contributed by atoms with E-state index in [0.29, 0.717) is 22.6 Å². The van der Waals surface area contributed by atoms with E-state index < -0.39 is 9.84 Å². The van der Waals surface area contributed by atoms with Crippen molar-refractivity contribution in [2.75, 3.05) is 7.11 Å². The van der Waals surface area contributed by atoms with Crippen LogP contribution in [0.3, 0.4) is 0 Å². The number of ether oxygens (including phenoxy) is 2. The van der Waals surface area contributed by atoms with E-state index in [9.17, 15) is 17.5 Å². The molecule has 0 radical (unpaired) electrons. The van der Waals surface area contributed by atoms with Gasteiger partial charge in [-0.1, -0.05) is 55.8 Å². The molecular formula is C31H30O6P2S. The second-order valence-electron chi connectivity index (χ2n) is 9.94. The molecule has 0 heterocycles. The highest BCUT2D eigenvalue weighted by Crippen LogP contribution is 2.36. The van der Waals surface area contributed by atoms with Crippen LogP contribution < -0.4 is 9.47 Å². The molecular weight excluding hydrogens is 562 g/mol. The quantitative estimate of drug-likeness (QED) is 0.162. The maximum Gasteiger partial charge on any atom is 0.207 e. The van der Waals surface area contributed by atoms with Crippen LogP contribution in [0.15, 0.2) is 94.7 Å². The van der Waals surface area contributed by atoms with Gasteiger partial charge in [-0.05, 0) is 77.7 Å². The zero-order chi connectivity index (χ0) is 28.9. The average Bonchev–Trinajstić information content (AvgIpc) is 2.94. The molecule has 9 heteroatoms. The molecule has 4 aromatic carbocycles. The fourth-order valence-electron chi connectivity index (χ4n) is 4.61. The molecule has 0 amide bonds. The second kappa shape index (κ2) is 12.4. The van der Waals surface area contributed by atoms with E-state index in [1.165, 1.54) is 12.1 Å². The molecule has 0 unspecified atom stereocenters. The molecule has 0 saturated carbocycles. The maximum atomic E-state index is 13.6.